The normalized spacial score (nSPS) is 10.8. The van der Waals surface area contributed by atoms with E-state index < -0.39 is 11.8 Å². The molecule has 6 heteroatoms. The summed E-state index contributed by atoms with van der Waals surface area (Å²) in [6.07, 6.45) is 3.34. The lowest BCUT2D eigenvalue weighted by Gasteiger charge is -2.13. The Balaban J connectivity index is 2.19. The maximum absolute atomic E-state index is 13.1. The van der Waals surface area contributed by atoms with Crippen molar-refractivity contribution in [1.29, 1.82) is 0 Å². The molecule has 0 aliphatic rings. The van der Waals surface area contributed by atoms with E-state index in [4.69, 9.17) is 9.84 Å². The molecule has 0 bridgehead atoms. The summed E-state index contributed by atoms with van der Waals surface area (Å²) in [5.74, 6) is -1.70. The van der Waals surface area contributed by atoms with Crippen LogP contribution in [0.4, 0.5) is 4.39 Å². The number of ether oxygens (including phenoxy) is 1. The Morgan fingerprint density at radius 1 is 1.50 bits per heavy atom. The van der Waals surface area contributed by atoms with E-state index in [2.05, 4.69) is 4.98 Å². The number of hydrogen-bond acceptors (Lipinski definition) is 3. The summed E-state index contributed by atoms with van der Waals surface area (Å²) in [6.45, 7) is 4.18. The van der Waals surface area contributed by atoms with Gasteiger partial charge in [-0.05, 0) is 32.0 Å². The number of imidazole rings is 1. The van der Waals surface area contributed by atoms with Crippen molar-refractivity contribution >= 4 is 5.97 Å². The van der Waals surface area contributed by atoms with Gasteiger partial charge in [0.1, 0.15) is 23.7 Å². The van der Waals surface area contributed by atoms with Crippen LogP contribution in [-0.4, -0.2) is 20.6 Å². The fourth-order valence-corrected chi connectivity index (χ4v) is 1.86. The number of aromatic carboxylic acids is 1. The molecule has 0 radical (unpaired) electrons. The van der Waals surface area contributed by atoms with Crippen LogP contribution in [0.3, 0.4) is 0 Å². The third-order valence-corrected chi connectivity index (χ3v) is 2.85. The maximum atomic E-state index is 13.1. The van der Waals surface area contributed by atoms with Gasteiger partial charge in [-0.2, -0.15) is 0 Å². The lowest BCUT2D eigenvalue weighted by Crippen LogP contribution is -2.09. The number of rotatable bonds is 5. The van der Waals surface area contributed by atoms with Crippen LogP contribution in [0.1, 0.15) is 35.9 Å². The third kappa shape index (κ3) is 2.96. The van der Waals surface area contributed by atoms with E-state index in [9.17, 15) is 9.18 Å². The van der Waals surface area contributed by atoms with Crippen molar-refractivity contribution in [2.75, 3.05) is 0 Å². The largest absolute Gasteiger partial charge is 0.486 e. The molecule has 0 aliphatic carbocycles. The fourth-order valence-electron chi connectivity index (χ4n) is 1.86. The first-order valence-electron chi connectivity index (χ1n) is 6.15. The van der Waals surface area contributed by atoms with Crippen LogP contribution < -0.4 is 4.74 Å². The maximum Gasteiger partial charge on any atom is 0.339 e. The monoisotopic (exact) mass is 278 g/mol. The van der Waals surface area contributed by atoms with E-state index in [1.165, 1.54) is 12.1 Å². The van der Waals surface area contributed by atoms with Crippen LogP contribution in [0.25, 0.3) is 0 Å². The number of halogens is 1. The molecule has 2 aromatic rings. The first kappa shape index (κ1) is 14.0. The lowest BCUT2D eigenvalue weighted by molar-refractivity contribution is 0.0691. The van der Waals surface area contributed by atoms with Crippen molar-refractivity contribution in [3.63, 3.8) is 0 Å². The van der Waals surface area contributed by atoms with Crippen molar-refractivity contribution < 1.29 is 19.0 Å². The minimum absolute atomic E-state index is 0.135. The van der Waals surface area contributed by atoms with Crippen LogP contribution >= 0.6 is 0 Å². The molecule has 0 unspecified atom stereocenters. The Morgan fingerprint density at radius 2 is 2.25 bits per heavy atom. The highest BCUT2D eigenvalue weighted by atomic mass is 19.1. The number of carboxylic acids is 1. The molecule has 106 valence electrons. The Kier molecular flexibility index (Phi) is 4.02. The van der Waals surface area contributed by atoms with E-state index in [1.807, 2.05) is 18.4 Å². The molecule has 1 heterocycles. The first-order valence-corrected chi connectivity index (χ1v) is 6.15. The summed E-state index contributed by atoms with van der Waals surface area (Å²) in [5.41, 5.74) is 0.626. The van der Waals surface area contributed by atoms with Crippen molar-refractivity contribution in [3.8, 4) is 5.75 Å². The molecule has 0 spiro atoms. The second-order valence-corrected chi connectivity index (χ2v) is 4.62. The number of benzene rings is 1. The lowest BCUT2D eigenvalue weighted by atomic mass is 10.2. The highest BCUT2D eigenvalue weighted by molar-refractivity contribution is 5.90. The minimum Gasteiger partial charge on any atom is -0.486 e. The van der Waals surface area contributed by atoms with Crippen molar-refractivity contribution in [3.05, 3.63) is 47.8 Å². The molecule has 1 N–H and O–H groups in total. The zero-order valence-corrected chi connectivity index (χ0v) is 11.2. The molecule has 0 amide bonds. The molecular weight excluding hydrogens is 263 g/mol. The van der Waals surface area contributed by atoms with Crippen LogP contribution in [0, 0.1) is 5.82 Å². The van der Waals surface area contributed by atoms with Gasteiger partial charge in [0.05, 0.1) is 18.2 Å². The quantitative estimate of drug-likeness (QED) is 0.913. The van der Waals surface area contributed by atoms with Gasteiger partial charge in [0, 0.05) is 6.04 Å². The predicted octanol–water partition coefficient (Wildman–Crippen LogP) is 2.88. The van der Waals surface area contributed by atoms with Gasteiger partial charge in [-0.15, -0.1) is 0 Å². The summed E-state index contributed by atoms with van der Waals surface area (Å²) in [5, 5.41) is 9.03. The van der Waals surface area contributed by atoms with Crippen LogP contribution in [-0.2, 0) is 6.61 Å². The van der Waals surface area contributed by atoms with E-state index in [-0.39, 0.29) is 24.0 Å². The number of nitrogens with zero attached hydrogens (tertiary/aromatic N) is 2. The van der Waals surface area contributed by atoms with E-state index in [0.29, 0.717) is 0 Å². The molecule has 2 rings (SSSR count). The van der Waals surface area contributed by atoms with Gasteiger partial charge < -0.3 is 14.4 Å². The highest BCUT2D eigenvalue weighted by Gasteiger charge is 2.14. The Morgan fingerprint density at radius 3 is 2.90 bits per heavy atom. The molecule has 0 aliphatic heterocycles. The summed E-state index contributed by atoms with van der Waals surface area (Å²) >= 11 is 0. The Labute approximate surface area is 115 Å². The van der Waals surface area contributed by atoms with Gasteiger partial charge in [0.2, 0.25) is 0 Å². The number of hydrogen-bond donors (Lipinski definition) is 1. The van der Waals surface area contributed by atoms with Crippen LogP contribution in [0.2, 0.25) is 0 Å². The van der Waals surface area contributed by atoms with Gasteiger partial charge in [0.25, 0.3) is 0 Å². The van der Waals surface area contributed by atoms with Gasteiger partial charge in [-0.25, -0.2) is 14.2 Å². The second-order valence-electron chi connectivity index (χ2n) is 4.62. The number of carbonyl (C=O) groups is 1. The smallest absolute Gasteiger partial charge is 0.339 e. The molecule has 1 aromatic carbocycles. The molecule has 0 fully saturated rings. The summed E-state index contributed by atoms with van der Waals surface area (Å²) in [6, 6.07) is 3.65. The van der Waals surface area contributed by atoms with Gasteiger partial charge in [-0.3, -0.25) is 0 Å². The van der Waals surface area contributed by atoms with E-state index in [0.717, 1.165) is 11.8 Å². The molecule has 20 heavy (non-hydrogen) atoms. The van der Waals surface area contributed by atoms with Gasteiger partial charge in [-0.1, -0.05) is 0 Å². The molecule has 0 atom stereocenters. The topological polar surface area (TPSA) is 64.4 Å². The second kappa shape index (κ2) is 5.73. The van der Waals surface area contributed by atoms with E-state index >= 15 is 0 Å². The molecule has 0 saturated carbocycles. The summed E-state index contributed by atoms with van der Waals surface area (Å²) < 4.78 is 20.5. The molecule has 1 aromatic heterocycles. The summed E-state index contributed by atoms with van der Waals surface area (Å²) in [4.78, 5) is 15.1. The van der Waals surface area contributed by atoms with Crippen molar-refractivity contribution in [2.24, 2.45) is 0 Å². The summed E-state index contributed by atoms with van der Waals surface area (Å²) in [7, 11) is 0. The first-order chi connectivity index (χ1) is 9.49. The predicted molar refractivity (Wildman–Crippen MR) is 70.3 cm³/mol. The fraction of sp³-hybridized carbons (Fsp3) is 0.286. The van der Waals surface area contributed by atoms with Gasteiger partial charge in [0.15, 0.2) is 0 Å². The number of carboxylic acid groups (broad SMARTS) is 1. The molecule has 0 saturated heterocycles. The van der Waals surface area contributed by atoms with Crippen molar-refractivity contribution in [2.45, 2.75) is 26.5 Å². The number of aromatic nitrogens is 2. The average Bonchev–Trinajstić information content (AvgIpc) is 2.85. The Bertz CT molecular complexity index is 623. The minimum atomic E-state index is -1.23. The van der Waals surface area contributed by atoms with Gasteiger partial charge >= 0.3 is 5.97 Å². The zero-order chi connectivity index (χ0) is 14.7. The zero-order valence-electron chi connectivity index (χ0n) is 11.2. The van der Waals surface area contributed by atoms with Crippen molar-refractivity contribution in [1.82, 2.24) is 9.55 Å². The Hall–Kier alpha value is -2.37. The SMILES string of the molecule is CC(C)n1cncc1COc1ccc(F)cc1C(=O)O. The average molecular weight is 278 g/mol. The highest BCUT2D eigenvalue weighted by Crippen LogP contribution is 2.21. The van der Waals surface area contributed by atoms with Crippen LogP contribution in [0.5, 0.6) is 5.75 Å². The third-order valence-electron chi connectivity index (χ3n) is 2.85. The van der Waals surface area contributed by atoms with Crippen LogP contribution in [0.15, 0.2) is 30.7 Å². The molecule has 5 nitrogen and oxygen atoms in total. The van der Waals surface area contributed by atoms with E-state index in [1.54, 1.807) is 12.5 Å². The standard InChI is InChI=1S/C14H15FN2O3/c1-9(2)17-8-16-6-11(17)7-20-13-4-3-10(15)5-12(13)14(18)19/h3-6,8-9H,7H2,1-2H3,(H,18,19). The molecular formula is C14H15FN2O3.